The van der Waals surface area contributed by atoms with Crippen LogP contribution in [0.4, 0.5) is 0 Å². The summed E-state index contributed by atoms with van der Waals surface area (Å²) in [6, 6.07) is -0.350. The Kier molecular flexibility index (Phi) is 16.0. The molecule has 0 aromatic carbocycles. The largest absolute Gasteiger partial charge is 0.390 e. The zero-order valence-electron chi connectivity index (χ0n) is 19.8. The molecule has 0 saturated carbocycles. The Bertz CT molecular complexity index is 518. The van der Waals surface area contributed by atoms with Crippen LogP contribution in [-0.2, 0) is 13.0 Å². The van der Waals surface area contributed by atoms with E-state index in [2.05, 4.69) is 16.9 Å². The van der Waals surface area contributed by atoms with Gasteiger partial charge in [-0.1, -0.05) is 104 Å². The van der Waals surface area contributed by atoms with Gasteiger partial charge in [0.15, 0.2) is 0 Å². The minimum atomic E-state index is -0.816. The van der Waals surface area contributed by atoms with Crippen LogP contribution in [0, 0.1) is 0 Å². The number of H-pyrrole nitrogens is 1. The summed E-state index contributed by atoms with van der Waals surface area (Å²) < 4.78 is 0. The van der Waals surface area contributed by atoms with E-state index in [0.29, 0.717) is 17.8 Å². The lowest BCUT2D eigenvalue weighted by molar-refractivity contribution is 0.136. The fourth-order valence-corrected chi connectivity index (χ4v) is 4.05. The lowest BCUT2D eigenvalue weighted by Crippen LogP contribution is -2.28. The van der Waals surface area contributed by atoms with Crippen LogP contribution in [0.5, 0.6) is 0 Å². The van der Waals surface area contributed by atoms with Gasteiger partial charge in [-0.05, 0) is 12.8 Å². The van der Waals surface area contributed by atoms with Gasteiger partial charge in [-0.2, -0.15) is 0 Å². The van der Waals surface area contributed by atoms with Crippen LogP contribution in [0.15, 0.2) is 0 Å². The monoisotopic (exact) mass is 423 g/mol. The highest BCUT2D eigenvalue weighted by Crippen LogP contribution is 2.21. The summed E-state index contributed by atoms with van der Waals surface area (Å²) in [6.45, 7) is 4.07. The number of unbranched alkanes of at least 4 members (excludes halogenated alkanes) is 14. The second-order valence-corrected chi connectivity index (χ2v) is 8.92. The molecule has 0 radical (unpaired) electrons. The number of aliphatic hydroxyl groups is 2. The molecule has 1 rings (SSSR count). The van der Waals surface area contributed by atoms with Gasteiger partial charge in [0.05, 0.1) is 18.0 Å². The molecule has 5 N–H and O–H groups in total. The first-order valence-corrected chi connectivity index (χ1v) is 12.8. The number of nitrogens with two attached hydrogens (primary N) is 1. The molecule has 1 heterocycles. The Morgan fingerprint density at radius 2 is 1.27 bits per heavy atom. The maximum absolute atomic E-state index is 10.3. The molecular weight excluding hydrogens is 374 g/mol. The van der Waals surface area contributed by atoms with Gasteiger partial charge in [-0.15, -0.1) is 0 Å². The SMILES string of the molecule is CCCCCCCCCCCCCCCCCc1nc(C(O)C(N)CC)c(CO)[nH]1. The van der Waals surface area contributed by atoms with Crippen molar-refractivity contribution in [2.75, 3.05) is 0 Å². The Balaban J connectivity index is 2.02. The van der Waals surface area contributed by atoms with Gasteiger partial charge in [0.1, 0.15) is 11.9 Å². The minimum absolute atomic E-state index is 0.144. The van der Waals surface area contributed by atoms with Gasteiger partial charge in [0, 0.05) is 12.5 Å². The molecule has 0 aliphatic carbocycles. The molecule has 30 heavy (non-hydrogen) atoms. The summed E-state index contributed by atoms with van der Waals surface area (Å²) in [5.41, 5.74) is 7.05. The fourth-order valence-electron chi connectivity index (χ4n) is 4.05. The second kappa shape index (κ2) is 17.7. The quantitative estimate of drug-likeness (QED) is 0.191. The van der Waals surface area contributed by atoms with Crippen molar-refractivity contribution in [2.24, 2.45) is 5.73 Å². The molecule has 0 bridgehead atoms. The third-order valence-corrected chi connectivity index (χ3v) is 6.19. The summed E-state index contributed by atoms with van der Waals surface area (Å²) in [4.78, 5) is 7.67. The van der Waals surface area contributed by atoms with Crippen molar-refractivity contribution in [2.45, 2.75) is 142 Å². The predicted molar refractivity (Wildman–Crippen MR) is 126 cm³/mol. The molecule has 5 nitrogen and oxygen atoms in total. The average Bonchev–Trinajstić information content (AvgIpc) is 3.18. The first kappa shape index (κ1) is 27.1. The van der Waals surface area contributed by atoms with E-state index >= 15 is 0 Å². The Hall–Kier alpha value is -0.910. The lowest BCUT2D eigenvalue weighted by atomic mass is 10.0. The van der Waals surface area contributed by atoms with Crippen LogP contribution in [0.3, 0.4) is 0 Å². The first-order valence-electron chi connectivity index (χ1n) is 12.8. The number of rotatable bonds is 20. The van der Waals surface area contributed by atoms with Crippen molar-refractivity contribution < 1.29 is 10.2 Å². The lowest BCUT2D eigenvalue weighted by Gasteiger charge is -2.15. The van der Waals surface area contributed by atoms with Crippen LogP contribution < -0.4 is 5.73 Å². The number of aliphatic hydroxyl groups excluding tert-OH is 2. The van der Waals surface area contributed by atoms with Crippen LogP contribution >= 0.6 is 0 Å². The second-order valence-electron chi connectivity index (χ2n) is 8.92. The zero-order chi connectivity index (χ0) is 22.0. The topological polar surface area (TPSA) is 95.2 Å². The van der Waals surface area contributed by atoms with Crippen molar-refractivity contribution in [1.82, 2.24) is 9.97 Å². The van der Waals surface area contributed by atoms with E-state index in [1.807, 2.05) is 6.92 Å². The van der Waals surface area contributed by atoms with Crippen molar-refractivity contribution in [3.05, 3.63) is 17.2 Å². The summed E-state index contributed by atoms with van der Waals surface area (Å²) in [6.07, 6.45) is 21.1. The molecule has 0 aliphatic heterocycles. The number of nitrogens with zero attached hydrogens (tertiary/aromatic N) is 1. The van der Waals surface area contributed by atoms with E-state index in [-0.39, 0.29) is 12.6 Å². The van der Waals surface area contributed by atoms with Crippen molar-refractivity contribution in [3.8, 4) is 0 Å². The summed E-state index contributed by atoms with van der Waals surface area (Å²) in [7, 11) is 0. The van der Waals surface area contributed by atoms with Crippen LogP contribution in [0.1, 0.15) is 140 Å². The predicted octanol–water partition coefficient (Wildman–Crippen LogP) is 6.09. The maximum atomic E-state index is 10.3. The molecule has 0 aliphatic rings. The minimum Gasteiger partial charge on any atom is -0.390 e. The third kappa shape index (κ3) is 11.5. The normalized spacial score (nSPS) is 13.6. The first-order chi connectivity index (χ1) is 14.6. The molecule has 0 spiro atoms. The number of hydrogen-bond donors (Lipinski definition) is 4. The summed E-state index contributed by atoms with van der Waals surface area (Å²) in [5.74, 6) is 0.853. The number of hydrogen-bond acceptors (Lipinski definition) is 4. The van der Waals surface area contributed by atoms with Gasteiger partial charge in [0.2, 0.25) is 0 Å². The highest BCUT2D eigenvalue weighted by atomic mass is 16.3. The highest BCUT2D eigenvalue weighted by molar-refractivity contribution is 5.18. The molecule has 2 unspecified atom stereocenters. The molecule has 2 atom stereocenters. The van der Waals surface area contributed by atoms with E-state index < -0.39 is 6.10 Å². The van der Waals surface area contributed by atoms with Crippen LogP contribution in [-0.4, -0.2) is 26.2 Å². The average molecular weight is 424 g/mol. The summed E-state index contributed by atoms with van der Waals surface area (Å²) in [5, 5.41) is 19.8. The molecule has 1 aromatic heterocycles. The Morgan fingerprint density at radius 1 is 0.800 bits per heavy atom. The molecule has 176 valence electrons. The molecule has 0 saturated heterocycles. The van der Waals surface area contributed by atoms with E-state index in [9.17, 15) is 10.2 Å². The number of aromatic nitrogens is 2. The van der Waals surface area contributed by atoms with Crippen molar-refractivity contribution >= 4 is 0 Å². The Labute approximate surface area is 185 Å². The van der Waals surface area contributed by atoms with Gasteiger partial charge in [-0.3, -0.25) is 0 Å². The smallest absolute Gasteiger partial charge is 0.113 e. The molecule has 1 aromatic rings. The van der Waals surface area contributed by atoms with Gasteiger partial charge < -0.3 is 20.9 Å². The van der Waals surface area contributed by atoms with Gasteiger partial charge >= 0.3 is 0 Å². The standard InChI is InChI=1S/C25H49N3O2/c1-3-5-6-7-8-9-10-11-12-13-14-15-16-17-18-19-23-27-22(20-29)24(28-23)25(30)21(26)4-2/h21,25,29-30H,3-20,26H2,1-2H3,(H,27,28). The molecule has 0 fully saturated rings. The van der Waals surface area contributed by atoms with Gasteiger partial charge in [0.25, 0.3) is 0 Å². The van der Waals surface area contributed by atoms with E-state index in [1.54, 1.807) is 0 Å². The summed E-state index contributed by atoms with van der Waals surface area (Å²) >= 11 is 0. The highest BCUT2D eigenvalue weighted by Gasteiger charge is 2.22. The van der Waals surface area contributed by atoms with Crippen molar-refractivity contribution in [1.29, 1.82) is 0 Å². The van der Waals surface area contributed by atoms with Crippen molar-refractivity contribution in [3.63, 3.8) is 0 Å². The molecule has 5 heteroatoms. The fraction of sp³-hybridized carbons (Fsp3) is 0.880. The molecule has 0 amide bonds. The Morgan fingerprint density at radius 3 is 1.70 bits per heavy atom. The number of aromatic amines is 1. The van der Waals surface area contributed by atoms with E-state index in [1.165, 1.54) is 89.9 Å². The van der Waals surface area contributed by atoms with Crippen LogP contribution in [0.25, 0.3) is 0 Å². The zero-order valence-corrected chi connectivity index (χ0v) is 19.8. The van der Waals surface area contributed by atoms with Gasteiger partial charge in [-0.25, -0.2) is 4.98 Å². The van der Waals surface area contributed by atoms with Crippen LogP contribution in [0.2, 0.25) is 0 Å². The molecular formula is C25H49N3O2. The van der Waals surface area contributed by atoms with E-state index in [0.717, 1.165) is 18.7 Å². The number of nitrogens with one attached hydrogen (secondary N) is 1. The third-order valence-electron chi connectivity index (χ3n) is 6.19. The maximum Gasteiger partial charge on any atom is 0.113 e. The number of imidazole rings is 1. The number of aryl methyl sites for hydroxylation is 1. The van der Waals surface area contributed by atoms with E-state index in [4.69, 9.17) is 5.73 Å².